The van der Waals surface area contributed by atoms with Crippen LogP contribution in [0.3, 0.4) is 0 Å². The number of amides is 2. The van der Waals surface area contributed by atoms with E-state index in [4.69, 9.17) is 27.7 Å². The van der Waals surface area contributed by atoms with Gasteiger partial charge < -0.3 is 15.2 Å². The van der Waals surface area contributed by atoms with Gasteiger partial charge in [-0.2, -0.15) is 4.98 Å². The van der Waals surface area contributed by atoms with Crippen molar-refractivity contribution in [1.29, 1.82) is 0 Å². The molecule has 0 saturated carbocycles. The predicted octanol–water partition coefficient (Wildman–Crippen LogP) is 3.20. The topological polar surface area (TPSA) is 97.1 Å². The van der Waals surface area contributed by atoms with Crippen LogP contribution in [-0.4, -0.2) is 35.0 Å². The predicted molar refractivity (Wildman–Crippen MR) is 101 cm³/mol. The molecule has 9 heteroatoms. The Kier molecular flexibility index (Phi) is 6.05. The van der Waals surface area contributed by atoms with Crippen molar-refractivity contribution in [3.63, 3.8) is 0 Å². The van der Waals surface area contributed by atoms with E-state index < -0.39 is 5.91 Å². The van der Waals surface area contributed by atoms with Gasteiger partial charge in [0.25, 0.3) is 5.91 Å². The molecule has 1 heterocycles. The number of rotatable bonds is 6. The van der Waals surface area contributed by atoms with E-state index in [1.54, 1.807) is 48.5 Å². The Balaban J connectivity index is 1.49. The zero-order valence-corrected chi connectivity index (χ0v) is 15.4. The zero-order valence-electron chi connectivity index (χ0n) is 13.9. The molecule has 0 fully saturated rings. The smallest absolute Gasteiger partial charge is 0.316 e. The van der Waals surface area contributed by atoms with Crippen molar-refractivity contribution in [2.75, 3.05) is 13.1 Å². The number of carbonyl (C=O) groups is 2. The molecule has 0 atom stereocenters. The third-order valence-corrected chi connectivity index (χ3v) is 3.96. The number of nitrogens with one attached hydrogen (secondary N) is 2. The standard InChI is InChI=1S/C18H14Cl2N4O3/c19-13-5-1-3-11(9-13)15-23-18(27-24-15)17(26)22-8-7-21-16(25)12-4-2-6-14(20)10-12/h1-6,9-10H,7-8H2,(H,21,25)(H,22,26). The fourth-order valence-corrected chi connectivity index (χ4v) is 2.60. The molecular weight excluding hydrogens is 391 g/mol. The third-order valence-electron chi connectivity index (χ3n) is 3.49. The van der Waals surface area contributed by atoms with Crippen molar-refractivity contribution in [3.8, 4) is 11.4 Å². The molecule has 27 heavy (non-hydrogen) atoms. The summed E-state index contributed by atoms with van der Waals surface area (Å²) in [7, 11) is 0. The maximum absolute atomic E-state index is 12.1. The van der Waals surface area contributed by atoms with Gasteiger partial charge in [0.1, 0.15) is 0 Å². The SMILES string of the molecule is O=C(NCCNC(=O)c1nc(-c2cccc(Cl)c2)no1)c1cccc(Cl)c1. The van der Waals surface area contributed by atoms with Gasteiger partial charge in [-0.1, -0.05) is 46.6 Å². The first-order chi connectivity index (χ1) is 13.0. The van der Waals surface area contributed by atoms with E-state index >= 15 is 0 Å². The van der Waals surface area contributed by atoms with Gasteiger partial charge in [-0.3, -0.25) is 9.59 Å². The first kappa shape index (κ1) is 18.9. The average Bonchev–Trinajstić information content (AvgIpc) is 3.15. The lowest BCUT2D eigenvalue weighted by Crippen LogP contribution is -2.34. The van der Waals surface area contributed by atoms with Crippen LogP contribution in [0.5, 0.6) is 0 Å². The Hall–Kier alpha value is -2.90. The molecule has 1 aromatic heterocycles. The first-order valence-electron chi connectivity index (χ1n) is 7.94. The summed E-state index contributed by atoms with van der Waals surface area (Å²) in [4.78, 5) is 28.1. The molecule has 0 unspecified atom stereocenters. The van der Waals surface area contributed by atoms with Crippen LogP contribution in [0.4, 0.5) is 0 Å². The normalized spacial score (nSPS) is 10.4. The molecule has 3 aromatic rings. The summed E-state index contributed by atoms with van der Waals surface area (Å²) in [5, 5.41) is 10.0. The summed E-state index contributed by atoms with van der Waals surface area (Å²) in [6.07, 6.45) is 0. The second-order valence-corrected chi connectivity index (χ2v) is 6.33. The van der Waals surface area contributed by atoms with E-state index in [1.165, 1.54) is 0 Å². The lowest BCUT2D eigenvalue weighted by Gasteiger charge is -2.06. The van der Waals surface area contributed by atoms with Crippen LogP contribution >= 0.6 is 23.2 Å². The van der Waals surface area contributed by atoms with Gasteiger partial charge in [0.15, 0.2) is 0 Å². The minimum atomic E-state index is -0.534. The van der Waals surface area contributed by atoms with Crippen molar-refractivity contribution >= 4 is 35.0 Å². The van der Waals surface area contributed by atoms with Gasteiger partial charge in [-0.25, -0.2) is 0 Å². The minimum absolute atomic E-state index is 0.175. The van der Waals surface area contributed by atoms with E-state index in [1.807, 2.05) is 0 Å². The number of halogens is 2. The summed E-state index contributed by atoms with van der Waals surface area (Å²) in [5.41, 5.74) is 1.08. The molecule has 0 aliphatic heterocycles. The summed E-state index contributed by atoms with van der Waals surface area (Å²) in [6.45, 7) is 0.423. The molecule has 0 saturated heterocycles. The van der Waals surface area contributed by atoms with Crippen molar-refractivity contribution in [3.05, 3.63) is 70.0 Å². The van der Waals surface area contributed by atoms with E-state index in [2.05, 4.69) is 20.8 Å². The Labute approximate surface area is 164 Å². The Bertz CT molecular complexity index is 975. The molecule has 2 aromatic carbocycles. The quantitative estimate of drug-likeness (QED) is 0.614. The zero-order chi connectivity index (χ0) is 19.2. The second kappa shape index (κ2) is 8.66. The fraction of sp³-hybridized carbons (Fsp3) is 0.111. The number of aromatic nitrogens is 2. The van der Waals surface area contributed by atoms with Crippen LogP contribution in [0.2, 0.25) is 10.0 Å². The summed E-state index contributed by atoms with van der Waals surface area (Å²) < 4.78 is 4.96. The molecule has 0 aliphatic rings. The highest BCUT2D eigenvalue weighted by Gasteiger charge is 2.16. The van der Waals surface area contributed by atoms with E-state index in [0.717, 1.165) is 0 Å². The molecule has 2 amide bonds. The highest BCUT2D eigenvalue weighted by molar-refractivity contribution is 6.31. The van der Waals surface area contributed by atoms with Crippen LogP contribution < -0.4 is 10.6 Å². The van der Waals surface area contributed by atoms with Gasteiger partial charge in [-0.15, -0.1) is 0 Å². The molecular formula is C18H14Cl2N4O3. The van der Waals surface area contributed by atoms with Crippen molar-refractivity contribution in [2.24, 2.45) is 0 Å². The van der Waals surface area contributed by atoms with Gasteiger partial charge in [0.2, 0.25) is 5.82 Å². The minimum Gasteiger partial charge on any atom is -0.350 e. The molecule has 138 valence electrons. The first-order valence-corrected chi connectivity index (χ1v) is 8.70. The fourth-order valence-electron chi connectivity index (χ4n) is 2.22. The monoisotopic (exact) mass is 404 g/mol. The molecule has 0 aliphatic carbocycles. The average molecular weight is 405 g/mol. The van der Waals surface area contributed by atoms with Gasteiger partial charge in [-0.05, 0) is 30.3 Å². The summed E-state index contributed by atoms with van der Waals surface area (Å²) in [6, 6.07) is 13.5. The number of hydrogen-bond donors (Lipinski definition) is 2. The van der Waals surface area contributed by atoms with Gasteiger partial charge >= 0.3 is 11.8 Å². The van der Waals surface area contributed by atoms with Crippen molar-refractivity contribution in [2.45, 2.75) is 0 Å². The highest BCUT2D eigenvalue weighted by atomic mass is 35.5. The number of nitrogens with zero attached hydrogens (tertiary/aromatic N) is 2. The van der Waals surface area contributed by atoms with Crippen LogP contribution in [0.1, 0.15) is 21.0 Å². The number of benzene rings is 2. The molecule has 7 nitrogen and oxygen atoms in total. The number of hydrogen-bond acceptors (Lipinski definition) is 5. The van der Waals surface area contributed by atoms with E-state index in [9.17, 15) is 9.59 Å². The van der Waals surface area contributed by atoms with E-state index in [0.29, 0.717) is 21.2 Å². The maximum atomic E-state index is 12.1. The number of carbonyl (C=O) groups excluding carboxylic acids is 2. The van der Waals surface area contributed by atoms with Crippen molar-refractivity contribution < 1.29 is 14.1 Å². The lowest BCUT2D eigenvalue weighted by atomic mass is 10.2. The maximum Gasteiger partial charge on any atom is 0.316 e. The molecule has 0 bridgehead atoms. The van der Waals surface area contributed by atoms with Gasteiger partial charge in [0.05, 0.1) is 0 Å². The van der Waals surface area contributed by atoms with Crippen LogP contribution in [0.15, 0.2) is 53.1 Å². The van der Waals surface area contributed by atoms with Crippen LogP contribution in [0, 0.1) is 0 Å². The van der Waals surface area contributed by atoms with Gasteiger partial charge in [0, 0.05) is 34.3 Å². The molecule has 2 N–H and O–H groups in total. The third kappa shape index (κ3) is 5.06. The summed E-state index contributed by atoms with van der Waals surface area (Å²) >= 11 is 11.8. The second-order valence-electron chi connectivity index (χ2n) is 5.46. The lowest BCUT2D eigenvalue weighted by molar-refractivity contribution is 0.0898. The Morgan fingerprint density at radius 2 is 1.59 bits per heavy atom. The largest absolute Gasteiger partial charge is 0.350 e. The highest BCUT2D eigenvalue weighted by Crippen LogP contribution is 2.19. The Morgan fingerprint density at radius 3 is 2.30 bits per heavy atom. The van der Waals surface area contributed by atoms with Crippen LogP contribution in [0.25, 0.3) is 11.4 Å². The van der Waals surface area contributed by atoms with E-state index in [-0.39, 0.29) is 30.7 Å². The van der Waals surface area contributed by atoms with Crippen LogP contribution in [-0.2, 0) is 0 Å². The summed E-state index contributed by atoms with van der Waals surface area (Å²) in [5.74, 6) is -0.733. The van der Waals surface area contributed by atoms with Crippen molar-refractivity contribution in [1.82, 2.24) is 20.8 Å². The molecule has 0 radical (unpaired) electrons. The molecule has 0 spiro atoms. The molecule has 3 rings (SSSR count). The Morgan fingerprint density at radius 1 is 0.926 bits per heavy atom.